The SMILES string of the molecule is CCn1cncc1Cn1c(CN2C[C@@H]3[C@H](C2)[C@@H]3c2nc(OCc3ccc(Cl)cc3F)ccc2F)nc2c(OC)cc(C(=O)O)cc21. The fourth-order valence-corrected chi connectivity index (χ4v) is 6.79. The molecule has 7 rings (SSSR count). The maximum absolute atomic E-state index is 15.0. The van der Waals surface area contributed by atoms with Crippen LogP contribution in [-0.2, 0) is 26.2 Å². The molecule has 3 atom stereocenters. The van der Waals surface area contributed by atoms with Gasteiger partial charge in [0.25, 0.3) is 0 Å². The number of ether oxygens (including phenoxy) is 2. The molecule has 10 nitrogen and oxygen atoms in total. The number of benzene rings is 2. The number of likely N-dealkylation sites (tertiary alicyclic amines) is 1. The van der Waals surface area contributed by atoms with Gasteiger partial charge in [-0.3, -0.25) is 4.90 Å². The lowest BCUT2D eigenvalue weighted by Gasteiger charge is -2.20. The number of piperidine rings is 1. The highest BCUT2D eigenvalue weighted by Gasteiger charge is 2.57. The minimum absolute atomic E-state index is 0.0389. The van der Waals surface area contributed by atoms with E-state index in [0.717, 1.165) is 31.2 Å². The number of halogens is 3. The van der Waals surface area contributed by atoms with E-state index >= 15 is 0 Å². The second kappa shape index (κ2) is 12.0. The second-order valence-corrected chi connectivity index (χ2v) is 12.2. The van der Waals surface area contributed by atoms with Crippen LogP contribution in [0.4, 0.5) is 8.78 Å². The first-order chi connectivity index (χ1) is 22.2. The van der Waals surface area contributed by atoms with E-state index in [1.807, 2.05) is 16.1 Å². The molecule has 2 aromatic carbocycles. The molecule has 4 heterocycles. The highest BCUT2D eigenvalue weighted by atomic mass is 35.5. The third kappa shape index (κ3) is 5.56. The zero-order chi connectivity index (χ0) is 32.1. The van der Waals surface area contributed by atoms with E-state index in [4.69, 9.17) is 26.1 Å². The third-order valence-electron chi connectivity index (χ3n) is 9.01. The van der Waals surface area contributed by atoms with Gasteiger partial charge < -0.3 is 23.7 Å². The second-order valence-electron chi connectivity index (χ2n) is 11.7. The van der Waals surface area contributed by atoms with Gasteiger partial charge >= 0.3 is 5.97 Å². The van der Waals surface area contributed by atoms with Gasteiger partial charge in [-0.05, 0) is 49.1 Å². The molecule has 238 valence electrons. The summed E-state index contributed by atoms with van der Waals surface area (Å²) in [5.41, 5.74) is 3.04. The van der Waals surface area contributed by atoms with E-state index < -0.39 is 11.8 Å². The lowest BCUT2D eigenvalue weighted by Crippen LogP contribution is -2.26. The van der Waals surface area contributed by atoms with Gasteiger partial charge in [-0.2, -0.15) is 0 Å². The number of nitrogens with zero attached hydrogens (tertiary/aromatic N) is 6. The number of hydrogen-bond donors (Lipinski definition) is 1. The van der Waals surface area contributed by atoms with Crippen LogP contribution in [0.5, 0.6) is 11.6 Å². The molecule has 0 bridgehead atoms. The number of fused-ring (bicyclic) bond motifs is 2. The van der Waals surface area contributed by atoms with Crippen molar-refractivity contribution in [3.8, 4) is 11.6 Å². The van der Waals surface area contributed by atoms with Gasteiger partial charge in [0.2, 0.25) is 5.88 Å². The summed E-state index contributed by atoms with van der Waals surface area (Å²) in [6, 6.07) is 10.3. The van der Waals surface area contributed by atoms with Gasteiger partial charge in [0.1, 0.15) is 35.3 Å². The fraction of sp³-hybridized carbons (Fsp3) is 0.333. The average molecular weight is 649 g/mol. The van der Waals surface area contributed by atoms with E-state index in [0.29, 0.717) is 46.2 Å². The van der Waals surface area contributed by atoms with Gasteiger partial charge in [-0.15, -0.1) is 0 Å². The van der Waals surface area contributed by atoms with Crippen LogP contribution in [0.15, 0.2) is 55.0 Å². The predicted octanol–water partition coefficient (Wildman–Crippen LogP) is 5.76. The van der Waals surface area contributed by atoms with Gasteiger partial charge in [-0.25, -0.2) is 28.5 Å². The predicted molar refractivity (Wildman–Crippen MR) is 165 cm³/mol. The van der Waals surface area contributed by atoms with Crippen LogP contribution in [0.3, 0.4) is 0 Å². The maximum atomic E-state index is 15.0. The van der Waals surface area contributed by atoms with Crippen LogP contribution in [0.2, 0.25) is 5.02 Å². The minimum atomic E-state index is -1.05. The first-order valence-corrected chi connectivity index (χ1v) is 15.4. The molecule has 1 saturated heterocycles. The van der Waals surface area contributed by atoms with Gasteiger partial charge in [0, 0.05) is 48.4 Å². The first-order valence-electron chi connectivity index (χ1n) is 15.0. The summed E-state index contributed by atoms with van der Waals surface area (Å²) in [6.07, 6.45) is 3.58. The molecule has 1 N–H and O–H groups in total. The third-order valence-corrected chi connectivity index (χ3v) is 9.25. The number of rotatable bonds is 11. The first kappa shape index (κ1) is 30.1. The van der Waals surface area contributed by atoms with Crippen molar-refractivity contribution in [1.82, 2.24) is 29.0 Å². The molecule has 46 heavy (non-hydrogen) atoms. The average Bonchev–Trinajstić information content (AvgIpc) is 3.38. The molecular formula is C33H31ClF2N6O4. The van der Waals surface area contributed by atoms with Crippen LogP contribution < -0.4 is 9.47 Å². The summed E-state index contributed by atoms with van der Waals surface area (Å²) >= 11 is 5.84. The van der Waals surface area contributed by atoms with Crippen molar-refractivity contribution in [2.75, 3.05) is 20.2 Å². The molecule has 13 heteroatoms. The van der Waals surface area contributed by atoms with Crippen molar-refractivity contribution in [3.05, 3.63) is 100.0 Å². The molecule has 2 aliphatic rings. The van der Waals surface area contributed by atoms with Crippen LogP contribution in [0, 0.1) is 23.5 Å². The molecule has 3 aromatic heterocycles. The summed E-state index contributed by atoms with van der Waals surface area (Å²) in [5, 5.41) is 10.1. The molecule has 5 aromatic rings. The number of hydrogen-bond acceptors (Lipinski definition) is 7. The Morgan fingerprint density at radius 1 is 1.07 bits per heavy atom. The highest BCUT2D eigenvalue weighted by Crippen LogP contribution is 2.58. The molecular weight excluding hydrogens is 618 g/mol. The van der Waals surface area contributed by atoms with E-state index in [2.05, 4.69) is 14.9 Å². The van der Waals surface area contributed by atoms with Gasteiger partial charge in [0.15, 0.2) is 0 Å². The Hall–Kier alpha value is -4.55. The summed E-state index contributed by atoms with van der Waals surface area (Å²) in [7, 11) is 1.50. The number of aryl methyl sites for hydroxylation is 1. The number of pyridine rings is 1. The van der Waals surface area contributed by atoms with Crippen molar-refractivity contribution in [2.24, 2.45) is 11.8 Å². The number of aromatic carboxylic acids is 1. The number of carboxylic acids is 1. The number of imidazole rings is 2. The maximum Gasteiger partial charge on any atom is 0.335 e. The Morgan fingerprint density at radius 3 is 2.59 bits per heavy atom. The number of carboxylic acid groups (broad SMARTS) is 1. The number of carbonyl (C=O) groups is 1. The fourth-order valence-electron chi connectivity index (χ4n) is 6.63. The van der Waals surface area contributed by atoms with E-state index in [-0.39, 0.29) is 41.6 Å². The molecule has 0 radical (unpaired) electrons. The van der Waals surface area contributed by atoms with Crippen LogP contribution in [0.1, 0.15) is 46.0 Å². The number of methoxy groups -OCH3 is 1. The smallest absolute Gasteiger partial charge is 0.335 e. The Bertz CT molecular complexity index is 1950. The molecule has 0 unspecified atom stereocenters. The van der Waals surface area contributed by atoms with Crippen molar-refractivity contribution in [3.63, 3.8) is 0 Å². The lowest BCUT2D eigenvalue weighted by molar-refractivity contribution is 0.0696. The molecule has 1 aliphatic heterocycles. The van der Waals surface area contributed by atoms with E-state index in [1.165, 1.54) is 31.4 Å². The van der Waals surface area contributed by atoms with Gasteiger partial charge in [0.05, 0.1) is 49.0 Å². The minimum Gasteiger partial charge on any atom is -0.494 e. The lowest BCUT2D eigenvalue weighted by atomic mass is 10.1. The Morgan fingerprint density at radius 2 is 1.87 bits per heavy atom. The van der Waals surface area contributed by atoms with Crippen LogP contribution >= 0.6 is 11.6 Å². The van der Waals surface area contributed by atoms with Crippen molar-refractivity contribution in [1.29, 1.82) is 0 Å². The van der Waals surface area contributed by atoms with E-state index in [1.54, 1.807) is 30.7 Å². The van der Waals surface area contributed by atoms with Crippen molar-refractivity contribution >= 4 is 28.6 Å². The zero-order valence-corrected chi connectivity index (χ0v) is 25.9. The standard InChI is InChI=1S/C33H31ClF2N6O4/c1-3-41-17-37-11-21(41)12-42-26-8-19(33(43)44)9-27(45-2)32(26)38-28(42)15-40-13-22-23(14-40)30(22)31-24(35)6-7-29(39-31)46-16-18-4-5-20(34)10-25(18)36/h4-11,17,22-23,30H,3,12-16H2,1-2H3,(H,43,44)/t22-,23+,30-. The quantitative estimate of drug-likeness (QED) is 0.193. The van der Waals surface area contributed by atoms with Crippen LogP contribution in [-0.4, -0.2) is 60.3 Å². The highest BCUT2D eigenvalue weighted by molar-refractivity contribution is 6.30. The topological polar surface area (TPSA) is 108 Å². The molecule has 1 aliphatic carbocycles. The van der Waals surface area contributed by atoms with Crippen LogP contribution in [0.25, 0.3) is 11.0 Å². The Labute approximate surface area is 268 Å². The molecule has 2 fully saturated rings. The van der Waals surface area contributed by atoms with Crippen molar-refractivity contribution < 1.29 is 28.2 Å². The zero-order valence-electron chi connectivity index (χ0n) is 25.2. The monoisotopic (exact) mass is 648 g/mol. The summed E-state index contributed by atoms with van der Waals surface area (Å²) in [6.45, 7) is 5.16. The normalized spacial score (nSPS) is 19.0. The van der Waals surface area contributed by atoms with Gasteiger partial charge in [-0.1, -0.05) is 17.7 Å². The van der Waals surface area contributed by atoms with Crippen molar-refractivity contribution in [2.45, 2.75) is 39.1 Å². The molecule has 0 spiro atoms. The molecule has 0 amide bonds. The van der Waals surface area contributed by atoms with E-state index in [9.17, 15) is 18.7 Å². The Kier molecular flexibility index (Phi) is 7.85. The summed E-state index contributed by atoms with van der Waals surface area (Å²) < 4.78 is 44.5. The number of aromatic nitrogens is 5. The Balaban J connectivity index is 1.10. The molecule has 1 saturated carbocycles. The summed E-state index contributed by atoms with van der Waals surface area (Å²) in [4.78, 5) is 27.9. The summed E-state index contributed by atoms with van der Waals surface area (Å²) in [5.74, 6) is -0.102. The largest absolute Gasteiger partial charge is 0.494 e.